The van der Waals surface area contributed by atoms with Crippen molar-refractivity contribution in [3.8, 4) is 0 Å². The summed E-state index contributed by atoms with van der Waals surface area (Å²) in [4.78, 5) is 4.18. The third-order valence-electron chi connectivity index (χ3n) is 4.08. The minimum absolute atomic E-state index is 0.385. The highest BCUT2D eigenvalue weighted by Gasteiger charge is 2.30. The molecule has 2 nitrogen and oxygen atoms in total. The molecule has 2 aromatic rings. The van der Waals surface area contributed by atoms with Gasteiger partial charge in [0.15, 0.2) is 0 Å². The van der Waals surface area contributed by atoms with Gasteiger partial charge in [-0.2, -0.15) is 0 Å². The molecule has 1 aliphatic carbocycles. The van der Waals surface area contributed by atoms with Gasteiger partial charge in [0.25, 0.3) is 0 Å². The van der Waals surface area contributed by atoms with Gasteiger partial charge in [0.05, 0.1) is 0 Å². The molecule has 1 aliphatic rings. The van der Waals surface area contributed by atoms with E-state index in [4.69, 9.17) is 0 Å². The molecule has 1 saturated carbocycles. The Kier molecular flexibility index (Phi) is 3.60. The zero-order chi connectivity index (χ0) is 13.1. The van der Waals surface area contributed by atoms with Crippen LogP contribution in [0.3, 0.4) is 0 Å². The Morgan fingerprint density at radius 2 is 1.89 bits per heavy atom. The summed E-state index contributed by atoms with van der Waals surface area (Å²) in [6, 6.07) is 16.0. The SMILES string of the molecule is CC(NC1CC(c2ccccc2)C1)c1cccnc1. The Bertz CT molecular complexity index is 503. The molecule has 1 N–H and O–H groups in total. The Labute approximate surface area is 114 Å². The summed E-state index contributed by atoms with van der Waals surface area (Å²) in [5.41, 5.74) is 2.75. The van der Waals surface area contributed by atoms with E-state index in [1.54, 1.807) is 0 Å². The van der Waals surface area contributed by atoms with Crippen LogP contribution in [0, 0.1) is 0 Å². The lowest BCUT2D eigenvalue weighted by Gasteiger charge is -2.38. The van der Waals surface area contributed by atoms with Crippen molar-refractivity contribution in [2.24, 2.45) is 0 Å². The van der Waals surface area contributed by atoms with Crippen molar-refractivity contribution in [1.82, 2.24) is 10.3 Å². The summed E-state index contributed by atoms with van der Waals surface area (Å²) in [6.07, 6.45) is 6.26. The van der Waals surface area contributed by atoms with Crippen molar-refractivity contribution in [2.75, 3.05) is 0 Å². The summed E-state index contributed by atoms with van der Waals surface area (Å²) < 4.78 is 0. The second kappa shape index (κ2) is 5.54. The molecular formula is C17H20N2. The largest absolute Gasteiger partial charge is 0.307 e. The highest BCUT2D eigenvalue weighted by Crippen LogP contribution is 2.37. The first-order chi connectivity index (χ1) is 9.33. The molecule has 1 heterocycles. The average molecular weight is 252 g/mol. The van der Waals surface area contributed by atoms with Gasteiger partial charge in [-0.1, -0.05) is 36.4 Å². The summed E-state index contributed by atoms with van der Waals surface area (Å²) in [7, 11) is 0. The van der Waals surface area contributed by atoms with E-state index in [2.05, 4.69) is 53.6 Å². The minimum Gasteiger partial charge on any atom is -0.307 e. The molecule has 0 amide bonds. The molecule has 1 atom stereocenters. The lowest BCUT2D eigenvalue weighted by Crippen LogP contribution is -2.41. The van der Waals surface area contributed by atoms with E-state index < -0.39 is 0 Å². The zero-order valence-electron chi connectivity index (χ0n) is 11.3. The predicted octanol–water partition coefficient (Wildman–Crippen LogP) is 3.68. The summed E-state index contributed by atoms with van der Waals surface area (Å²) in [6.45, 7) is 2.22. The van der Waals surface area contributed by atoms with Crippen LogP contribution in [-0.4, -0.2) is 11.0 Å². The van der Waals surface area contributed by atoms with E-state index in [0.29, 0.717) is 12.1 Å². The van der Waals surface area contributed by atoms with E-state index in [1.807, 2.05) is 18.5 Å². The molecule has 1 aromatic heterocycles. The quantitative estimate of drug-likeness (QED) is 0.898. The number of hydrogen-bond acceptors (Lipinski definition) is 2. The van der Waals surface area contributed by atoms with E-state index in [9.17, 15) is 0 Å². The Morgan fingerprint density at radius 1 is 1.11 bits per heavy atom. The molecular weight excluding hydrogens is 232 g/mol. The minimum atomic E-state index is 0.385. The highest BCUT2D eigenvalue weighted by atomic mass is 15.0. The van der Waals surface area contributed by atoms with Gasteiger partial charge in [-0.15, -0.1) is 0 Å². The van der Waals surface area contributed by atoms with E-state index in [0.717, 1.165) is 5.92 Å². The maximum absolute atomic E-state index is 4.18. The van der Waals surface area contributed by atoms with Crippen LogP contribution in [0.15, 0.2) is 54.9 Å². The van der Waals surface area contributed by atoms with Crippen LogP contribution in [0.25, 0.3) is 0 Å². The normalized spacial score (nSPS) is 23.6. The standard InChI is InChI=1S/C17H20N2/c1-13(15-8-5-9-18-12-15)19-17-10-16(11-17)14-6-3-2-4-7-14/h2-9,12-13,16-17,19H,10-11H2,1H3. The fourth-order valence-corrected chi connectivity index (χ4v) is 2.83. The van der Waals surface area contributed by atoms with Gasteiger partial charge >= 0.3 is 0 Å². The maximum atomic E-state index is 4.18. The monoisotopic (exact) mass is 252 g/mol. The number of rotatable bonds is 4. The van der Waals surface area contributed by atoms with E-state index >= 15 is 0 Å². The number of pyridine rings is 1. The fourth-order valence-electron chi connectivity index (χ4n) is 2.83. The third-order valence-corrected chi connectivity index (χ3v) is 4.08. The number of nitrogens with zero attached hydrogens (tertiary/aromatic N) is 1. The van der Waals surface area contributed by atoms with Crippen molar-refractivity contribution in [2.45, 2.75) is 37.8 Å². The molecule has 0 spiro atoms. The first kappa shape index (κ1) is 12.4. The molecule has 1 fully saturated rings. The van der Waals surface area contributed by atoms with Crippen LogP contribution in [0.2, 0.25) is 0 Å². The zero-order valence-corrected chi connectivity index (χ0v) is 11.3. The Balaban J connectivity index is 1.52. The van der Waals surface area contributed by atoms with Crippen molar-refractivity contribution >= 4 is 0 Å². The van der Waals surface area contributed by atoms with E-state index in [-0.39, 0.29) is 0 Å². The molecule has 3 rings (SSSR count). The molecule has 1 unspecified atom stereocenters. The number of benzene rings is 1. The average Bonchev–Trinajstić information content (AvgIpc) is 2.44. The van der Waals surface area contributed by atoms with Gasteiger partial charge in [-0.05, 0) is 42.9 Å². The van der Waals surface area contributed by atoms with Gasteiger partial charge in [0, 0.05) is 24.5 Å². The van der Waals surface area contributed by atoms with Gasteiger partial charge in [0.2, 0.25) is 0 Å². The predicted molar refractivity (Wildman–Crippen MR) is 78.0 cm³/mol. The summed E-state index contributed by atoms with van der Waals surface area (Å²) >= 11 is 0. The second-order valence-electron chi connectivity index (χ2n) is 5.45. The van der Waals surface area contributed by atoms with Gasteiger partial charge in [-0.3, -0.25) is 4.98 Å². The second-order valence-corrected chi connectivity index (χ2v) is 5.45. The number of hydrogen-bond donors (Lipinski definition) is 1. The molecule has 0 saturated heterocycles. The van der Waals surface area contributed by atoms with Crippen molar-refractivity contribution in [3.63, 3.8) is 0 Å². The molecule has 98 valence electrons. The Morgan fingerprint density at radius 3 is 2.58 bits per heavy atom. The van der Waals surface area contributed by atoms with Crippen molar-refractivity contribution in [3.05, 3.63) is 66.0 Å². The Hall–Kier alpha value is -1.67. The van der Waals surface area contributed by atoms with Crippen LogP contribution in [0.1, 0.15) is 42.9 Å². The van der Waals surface area contributed by atoms with Crippen molar-refractivity contribution < 1.29 is 0 Å². The van der Waals surface area contributed by atoms with Crippen LogP contribution < -0.4 is 5.32 Å². The third kappa shape index (κ3) is 2.85. The van der Waals surface area contributed by atoms with Crippen LogP contribution in [-0.2, 0) is 0 Å². The highest BCUT2D eigenvalue weighted by molar-refractivity contribution is 5.23. The summed E-state index contributed by atoms with van der Waals surface area (Å²) in [5.74, 6) is 0.736. The smallest absolute Gasteiger partial charge is 0.0315 e. The van der Waals surface area contributed by atoms with Crippen LogP contribution in [0.5, 0.6) is 0 Å². The van der Waals surface area contributed by atoms with E-state index in [1.165, 1.54) is 24.0 Å². The molecule has 0 bridgehead atoms. The fraction of sp³-hybridized carbons (Fsp3) is 0.353. The topological polar surface area (TPSA) is 24.9 Å². The van der Waals surface area contributed by atoms with Gasteiger partial charge in [0.1, 0.15) is 0 Å². The molecule has 1 aromatic carbocycles. The molecule has 19 heavy (non-hydrogen) atoms. The van der Waals surface area contributed by atoms with Gasteiger partial charge < -0.3 is 5.32 Å². The molecule has 0 aliphatic heterocycles. The number of nitrogens with one attached hydrogen (secondary N) is 1. The first-order valence-electron chi connectivity index (χ1n) is 7.04. The van der Waals surface area contributed by atoms with Crippen LogP contribution >= 0.6 is 0 Å². The number of aromatic nitrogens is 1. The molecule has 2 heteroatoms. The lowest BCUT2D eigenvalue weighted by atomic mass is 9.75. The van der Waals surface area contributed by atoms with Crippen LogP contribution in [0.4, 0.5) is 0 Å². The van der Waals surface area contributed by atoms with Crippen molar-refractivity contribution in [1.29, 1.82) is 0 Å². The maximum Gasteiger partial charge on any atom is 0.0315 e. The summed E-state index contributed by atoms with van der Waals surface area (Å²) in [5, 5.41) is 3.69. The lowest BCUT2D eigenvalue weighted by molar-refractivity contribution is 0.271. The first-order valence-corrected chi connectivity index (χ1v) is 7.04. The molecule has 0 radical (unpaired) electrons. The van der Waals surface area contributed by atoms with Gasteiger partial charge in [-0.25, -0.2) is 0 Å².